The Morgan fingerprint density at radius 1 is 0.857 bits per heavy atom. The van der Waals surface area contributed by atoms with Crippen LogP contribution in [-0.2, 0) is 0 Å². The summed E-state index contributed by atoms with van der Waals surface area (Å²) in [6, 6.07) is 10.2. The van der Waals surface area contributed by atoms with Crippen LogP contribution in [0.2, 0.25) is 5.02 Å². The number of hydrogen-bond acceptors (Lipinski definition) is 3. The standard InChI is InChI=1S/C23H13ClF5N5O/c24-13-6-16(27)9-17(7-13)30-23(32-22(35)11-1-2-18(28)19(29)5-11)31-21-10-20(33-34-21)12-3-14(25)8-15(26)4-12/h1-10H,(H3,30,31,32,33,34,35). The maximum absolute atomic E-state index is 13.8. The quantitative estimate of drug-likeness (QED) is 0.182. The Kier molecular flexibility index (Phi) is 6.78. The zero-order valence-corrected chi connectivity index (χ0v) is 18.1. The molecule has 0 aliphatic rings. The smallest absolute Gasteiger partial charge is 0.258 e. The lowest BCUT2D eigenvalue weighted by Gasteiger charge is -2.12. The molecule has 0 spiro atoms. The number of nitrogens with zero attached hydrogens (tertiary/aromatic N) is 2. The predicted octanol–water partition coefficient (Wildman–Crippen LogP) is 5.96. The number of carbonyl (C=O) groups is 1. The van der Waals surface area contributed by atoms with Gasteiger partial charge in [-0.1, -0.05) is 11.6 Å². The number of anilines is 1. The maximum atomic E-state index is 13.8. The van der Waals surface area contributed by atoms with Gasteiger partial charge in [0.2, 0.25) is 5.96 Å². The first-order valence-electron chi connectivity index (χ1n) is 9.76. The van der Waals surface area contributed by atoms with E-state index < -0.39 is 35.0 Å². The van der Waals surface area contributed by atoms with E-state index in [1.54, 1.807) is 0 Å². The molecule has 1 amide bonds. The third kappa shape index (κ3) is 6.01. The van der Waals surface area contributed by atoms with Gasteiger partial charge in [0.25, 0.3) is 5.91 Å². The molecule has 0 atom stereocenters. The van der Waals surface area contributed by atoms with Crippen molar-refractivity contribution in [1.82, 2.24) is 15.5 Å². The Balaban J connectivity index is 1.67. The molecule has 4 aromatic rings. The SMILES string of the molecule is O=C(NC(=Nc1cc(-c2cc(F)cc(F)c2)[nH]n1)Nc1cc(F)cc(Cl)c1)c1ccc(F)c(F)c1. The van der Waals surface area contributed by atoms with Gasteiger partial charge < -0.3 is 5.32 Å². The summed E-state index contributed by atoms with van der Waals surface area (Å²) in [7, 11) is 0. The van der Waals surface area contributed by atoms with E-state index in [1.807, 2.05) is 0 Å². The molecular formula is C23H13ClF5N5O. The number of halogens is 6. The molecule has 4 rings (SSSR count). The second kappa shape index (κ2) is 9.94. The number of aliphatic imine (C=N–C) groups is 1. The number of nitrogens with one attached hydrogen (secondary N) is 3. The summed E-state index contributed by atoms with van der Waals surface area (Å²) in [4.78, 5) is 16.7. The van der Waals surface area contributed by atoms with Crippen LogP contribution < -0.4 is 10.6 Å². The highest BCUT2D eigenvalue weighted by Crippen LogP contribution is 2.24. The van der Waals surface area contributed by atoms with E-state index in [-0.39, 0.29) is 39.3 Å². The minimum Gasteiger partial charge on any atom is -0.325 e. The number of aromatic amines is 1. The normalized spacial score (nSPS) is 11.4. The first-order chi connectivity index (χ1) is 16.7. The van der Waals surface area contributed by atoms with Crippen molar-refractivity contribution in [2.75, 3.05) is 5.32 Å². The van der Waals surface area contributed by atoms with Gasteiger partial charge in [0.05, 0.1) is 5.69 Å². The molecular weight excluding hydrogens is 493 g/mol. The van der Waals surface area contributed by atoms with Crippen LogP contribution in [-0.4, -0.2) is 22.1 Å². The van der Waals surface area contributed by atoms with E-state index in [0.29, 0.717) is 12.1 Å². The van der Waals surface area contributed by atoms with Gasteiger partial charge in [-0.3, -0.25) is 15.2 Å². The molecule has 0 bridgehead atoms. The molecule has 0 radical (unpaired) electrons. The minimum atomic E-state index is -1.24. The fraction of sp³-hybridized carbons (Fsp3) is 0. The number of benzene rings is 3. The lowest BCUT2D eigenvalue weighted by atomic mass is 10.1. The highest BCUT2D eigenvalue weighted by atomic mass is 35.5. The van der Waals surface area contributed by atoms with Gasteiger partial charge in [-0.25, -0.2) is 22.0 Å². The molecule has 0 unspecified atom stereocenters. The second-order valence-electron chi connectivity index (χ2n) is 7.12. The first kappa shape index (κ1) is 23.9. The molecule has 6 nitrogen and oxygen atoms in total. The highest BCUT2D eigenvalue weighted by molar-refractivity contribution is 6.31. The first-order valence-corrected chi connectivity index (χ1v) is 10.1. The van der Waals surface area contributed by atoms with Crippen LogP contribution in [0.1, 0.15) is 10.4 Å². The third-order valence-electron chi connectivity index (χ3n) is 4.50. The fourth-order valence-electron chi connectivity index (χ4n) is 3.01. The van der Waals surface area contributed by atoms with Crippen molar-refractivity contribution >= 4 is 35.0 Å². The van der Waals surface area contributed by atoms with Crippen molar-refractivity contribution in [3.8, 4) is 11.3 Å². The Bertz CT molecular complexity index is 1420. The monoisotopic (exact) mass is 505 g/mol. The topological polar surface area (TPSA) is 82.2 Å². The van der Waals surface area contributed by atoms with Crippen molar-refractivity contribution in [2.24, 2.45) is 4.99 Å². The Morgan fingerprint density at radius 2 is 1.57 bits per heavy atom. The number of hydrogen-bond donors (Lipinski definition) is 3. The summed E-state index contributed by atoms with van der Waals surface area (Å²) in [5, 5.41) is 11.5. The number of H-pyrrole nitrogens is 1. The second-order valence-corrected chi connectivity index (χ2v) is 7.56. The lowest BCUT2D eigenvalue weighted by Crippen LogP contribution is -2.36. The van der Waals surface area contributed by atoms with Crippen LogP contribution in [0.4, 0.5) is 33.5 Å². The van der Waals surface area contributed by atoms with Crippen molar-refractivity contribution < 1.29 is 26.7 Å². The predicted molar refractivity (Wildman–Crippen MR) is 120 cm³/mol. The summed E-state index contributed by atoms with van der Waals surface area (Å²) in [6.07, 6.45) is 0. The van der Waals surface area contributed by atoms with Crippen molar-refractivity contribution in [3.63, 3.8) is 0 Å². The molecule has 178 valence electrons. The molecule has 3 N–H and O–H groups in total. The van der Waals surface area contributed by atoms with Crippen LogP contribution in [0.25, 0.3) is 11.3 Å². The van der Waals surface area contributed by atoms with Gasteiger partial charge in [0.1, 0.15) is 17.5 Å². The zero-order valence-electron chi connectivity index (χ0n) is 17.3. The third-order valence-corrected chi connectivity index (χ3v) is 4.72. The fourth-order valence-corrected chi connectivity index (χ4v) is 3.23. The Hall–Kier alpha value is -4.25. The lowest BCUT2D eigenvalue weighted by molar-refractivity contribution is 0.0976. The van der Waals surface area contributed by atoms with Crippen LogP contribution in [0.15, 0.2) is 65.7 Å². The van der Waals surface area contributed by atoms with Crippen molar-refractivity contribution in [1.29, 1.82) is 0 Å². The molecule has 1 heterocycles. The van der Waals surface area contributed by atoms with Crippen molar-refractivity contribution in [2.45, 2.75) is 0 Å². The van der Waals surface area contributed by atoms with E-state index in [9.17, 15) is 26.7 Å². The summed E-state index contributed by atoms with van der Waals surface area (Å²) in [6.45, 7) is 0. The van der Waals surface area contributed by atoms with Gasteiger partial charge in [-0.05, 0) is 48.5 Å². The average Bonchev–Trinajstić information content (AvgIpc) is 3.22. The molecule has 0 aliphatic heterocycles. The number of rotatable bonds is 4. The molecule has 3 aromatic carbocycles. The molecule has 0 aliphatic carbocycles. The molecule has 35 heavy (non-hydrogen) atoms. The van der Waals surface area contributed by atoms with Gasteiger partial charge in [-0.2, -0.15) is 10.1 Å². The molecule has 0 fully saturated rings. The van der Waals surface area contributed by atoms with E-state index in [1.165, 1.54) is 12.1 Å². The number of guanidine groups is 1. The van der Waals surface area contributed by atoms with Crippen LogP contribution >= 0.6 is 11.6 Å². The summed E-state index contributed by atoms with van der Waals surface area (Å²) < 4.78 is 67.6. The maximum Gasteiger partial charge on any atom is 0.258 e. The average molecular weight is 506 g/mol. The van der Waals surface area contributed by atoms with Crippen LogP contribution in [0.5, 0.6) is 0 Å². The van der Waals surface area contributed by atoms with E-state index >= 15 is 0 Å². The largest absolute Gasteiger partial charge is 0.325 e. The van der Waals surface area contributed by atoms with Crippen LogP contribution in [0, 0.1) is 29.1 Å². The van der Waals surface area contributed by atoms with E-state index in [4.69, 9.17) is 11.6 Å². The van der Waals surface area contributed by atoms with Crippen molar-refractivity contribution in [3.05, 3.63) is 100 Å². The Labute approximate surface area is 199 Å². The molecule has 12 heteroatoms. The van der Waals surface area contributed by atoms with E-state index in [0.717, 1.165) is 36.4 Å². The zero-order chi connectivity index (χ0) is 25.1. The van der Waals surface area contributed by atoms with Gasteiger partial charge >= 0.3 is 0 Å². The van der Waals surface area contributed by atoms with Gasteiger partial charge in [0.15, 0.2) is 17.5 Å². The summed E-state index contributed by atoms with van der Waals surface area (Å²) in [5.74, 6) is -5.86. The Morgan fingerprint density at radius 3 is 2.26 bits per heavy atom. The minimum absolute atomic E-state index is 0.0414. The number of amides is 1. The summed E-state index contributed by atoms with van der Waals surface area (Å²) >= 11 is 5.86. The summed E-state index contributed by atoms with van der Waals surface area (Å²) in [5.41, 5.74) is 0.229. The highest BCUT2D eigenvalue weighted by Gasteiger charge is 2.14. The van der Waals surface area contributed by atoms with Gasteiger partial charge in [0, 0.05) is 34.0 Å². The number of carbonyl (C=O) groups excluding carboxylic acids is 1. The molecule has 1 aromatic heterocycles. The molecule has 0 saturated carbocycles. The van der Waals surface area contributed by atoms with Crippen LogP contribution in [0.3, 0.4) is 0 Å². The van der Waals surface area contributed by atoms with E-state index in [2.05, 4.69) is 25.8 Å². The molecule has 0 saturated heterocycles. The van der Waals surface area contributed by atoms with Gasteiger partial charge in [-0.15, -0.1) is 0 Å². The number of aromatic nitrogens is 2.